The van der Waals surface area contributed by atoms with Gasteiger partial charge in [0.25, 0.3) is 0 Å². The SMILES string of the molecule is O=C(Cn1c(-c2ccccn2)noc1=O)N1CCN(S(=O)(=O)c2ccc(F)cc2)CC1. The molecule has 1 aliphatic rings. The Morgan fingerprint density at radius 2 is 1.77 bits per heavy atom. The first-order chi connectivity index (χ1) is 14.9. The van der Waals surface area contributed by atoms with E-state index < -0.39 is 21.6 Å². The smallest absolute Gasteiger partial charge is 0.338 e. The molecule has 0 radical (unpaired) electrons. The zero-order valence-electron chi connectivity index (χ0n) is 16.2. The van der Waals surface area contributed by atoms with E-state index in [4.69, 9.17) is 0 Å². The summed E-state index contributed by atoms with van der Waals surface area (Å²) in [5.74, 6) is -1.55. The first kappa shape index (κ1) is 20.9. The number of nitrogens with zero attached hydrogens (tertiary/aromatic N) is 5. The Morgan fingerprint density at radius 3 is 2.42 bits per heavy atom. The first-order valence-electron chi connectivity index (χ1n) is 9.37. The van der Waals surface area contributed by atoms with E-state index in [0.29, 0.717) is 5.69 Å². The predicted molar refractivity (Wildman–Crippen MR) is 106 cm³/mol. The van der Waals surface area contributed by atoms with Crippen LogP contribution in [0.2, 0.25) is 0 Å². The second-order valence-corrected chi connectivity index (χ2v) is 8.75. The largest absolute Gasteiger partial charge is 0.442 e. The van der Waals surface area contributed by atoms with E-state index >= 15 is 0 Å². The van der Waals surface area contributed by atoms with Crippen LogP contribution in [-0.4, -0.2) is 64.4 Å². The third kappa shape index (κ3) is 4.25. The molecule has 1 aromatic carbocycles. The van der Waals surface area contributed by atoms with Crippen molar-refractivity contribution in [1.29, 1.82) is 0 Å². The number of aromatic nitrogens is 3. The topological polar surface area (TPSA) is 119 Å². The van der Waals surface area contributed by atoms with Crippen LogP contribution in [0.4, 0.5) is 4.39 Å². The lowest BCUT2D eigenvalue weighted by Gasteiger charge is -2.34. The molecule has 1 aliphatic heterocycles. The van der Waals surface area contributed by atoms with Crippen molar-refractivity contribution < 1.29 is 22.1 Å². The van der Waals surface area contributed by atoms with Crippen molar-refractivity contribution in [1.82, 2.24) is 23.9 Å². The minimum absolute atomic E-state index is 0.00953. The number of hydrogen-bond donors (Lipinski definition) is 0. The van der Waals surface area contributed by atoms with Crippen LogP contribution in [0.1, 0.15) is 0 Å². The number of carbonyl (C=O) groups excluding carboxylic acids is 1. The van der Waals surface area contributed by atoms with Gasteiger partial charge in [0.1, 0.15) is 18.1 Å². The van der Waals surface area contributed by atoms with Gasteiger partial charge in [0, 0.05) is 32.4 Å². The molecule has 1 saturated heterocycles. The summed E-state index contributed by atoms with van der Waals surface area (Å²) in [6.45, 7) is 0.156. The molecule has 10 nitrogen and oxygen atoms in total. The van der Waals surface area contributed by atoms with Gasteiger partial charge in [0.15, 0.2) is 0 Å². The third-order valence-electron chi connectivity index (χ3n) is 4.92. The van der Waals surface area contributed by atoms with Crippen LogP contribution in [0.25, 0.3) is 11.5 Å². The lowest BCUT2D eigenvalue weighted by molar-refractivity contribution is -0.133. The Morgan fingerprint density at radius 1 is 1.06 bits per heavy atom. The summed E-state index contributed by atoms with van der Waals surface area (Å²) in [7, 11) is -3.79. The number of pyridine rings is 1. The highest BCUT2D eigenvalue weighted by molar-refractivity contribution is 7.89. The number of carbonyl (C=O) groups is 1. The first-order valence-corrected chi connectivity index (χ1v) is 10.8. The number of amides is 1. The van der Waals surface area contributed by atoms with Crippen LogP contribution in [-0.2, 0) is 21.4 Å². The molecular weight excluding hydrogens is 429 g/mol. The zero-order valence-corrected chi connectivity index (χ0v) is 17.0. The van der Waals surface area contributed by atoms with Crippen LogP contribution < -0.4 is 5.76 Å². The van der Waals surface area contributed by atoms with Crippen molar-refractivity contribution in [2.24, 2.45) is 0 Å². The van der Waals surface area contributed by atoms with Crippen molar-refractivity contribution in [3.63, 3.8) is 0 Å². The summed E-state index contributed by atoms with van der Waals surface area (Å²) >= 11 is 0. The fourth-order valence-electron chi connectivity index (χ4n) is 3.26. The van der Waals surface area contributed by atoms with Gasteiger partial charge in [0.05, 0.1) is 4.90 Å². The van der Waals surface area contributed by atoms with Crippen molar-refractivity contribution >= 4 is 15.9 Å². The Balaban J connectivity index is 1.43. The second-order valence-electron chi connectivity index (χ2n) is 6.81. The fraction of sp³-hybridized carbons (Fsp3) is 0.263. The summed E-state index contributed by atoms with van der Waals surface area (Å²) in [6, 6.07) is 9.65. The summed E-state index contributed by atoms with van der Waals surface area (Å²) in [5.41, 5.74) is 0.386. The van der Waals surface area contributed by atoms with Gasteiger partial charge in [-0.2, -0.15) is 4.31 Å². The molecule has 0 aliphatic carbocycles. The van der Waals surface area contributed by atoms with E-state index in [-0.39, 0.29) is 49.4 Å². The minimum atomic E-state index is -3.79. The zero-order chi connectivity index (χ0) is 22.0. The molecule has 0 saturated carbocycles. The second kappa shape index (κ2) is 8.40. The van der Waals surface area contributed by atoms with Gasteiger partial charge >= 0.3 is 5.76 Å². The van der Waals surface area contributed by atoms with E-state index in [1.165, 1.54) is 27.5 Å². The average molecular weight is 447 g/mol. The number of benzene rings is 1. The van der Waals surface area contributed by atoms with Gasteiger partial charge in [-0.15, -0.1) is 0 Å². The monoisotopic (exact) mass is 447 g/mol. The molecular formula is C19H18FN5O5S. The van der Waals surface area contributed by atoms with Crippen molar-refractivity contribution in [3.05, 3.63) is 65.0 Å². The number of sulfonamides is 1. The van der Waals surface area contributed by atoms with E-state index in [1.54, 1.807) is 18.2 Å². The molecule has 4 rings (SSSR count). The molecule has 0 bridgehead atoms. The maximum Gasteiger partial charge on any atom is 0.442 e. The number of piperazine rings is 1. The predicted octanol–water partition coefficient (Wildman–Crippen LogP) is 0.571. The minimum Gasteiger partial charge on any atom is -0.338 e. The highest BCUT2D eigenvalue weighted by Crippen LogP contribution is 2.18. The summed E-state index contributed by atoms with van der Waals surface area (Å²) in [4.78, 5) is 30.3. The van der Waals surface area contributed by atoms with Crippen molar-refractivity contribution in [2.75, 3.05) is 26.2 Å². The van der Waals surface area contributed by atoms with Gasteiger partial charge in [-0.1, -0.05) is 11.2 Å². The average Bonchev–Trinajstić information content (AvgIpc) is 3.15. The summed E-state index contributed by atoms with van der Waals surface area (Å²) < 4.78 is 45.5. The van der Waals surface area contributed by atoms with Gasteiger partial charge in [0.2, 0.25) is 21.8 Å². The molecule has 0 atom stereocenters. The highest BCUT2D eigenvalue weighted by Gasteiger charge is 2.30. The molecule has 0 spiro atoms. The Kier molecular flexibility index (Phi) is 5.65. The van der Waals surface area contributed by atoms with Gasteiger partial charge in [-0.25, -0.2) is 22.2 Å². The molecule has 2 aromatic heterocycles. The Hall–Kier alpha value is -3.38. The summed E-state index contributed by atoms with van der Waals surface area (Å²) in [5, 5.41) is 3.70. The third-order valence-corrected chi connectivity index (χ3v) is 6.83. The molecule has 0 unspecified atom stereocenters. The van der Waals surface area contributed by atoms with Crippen LogP contribution in [0.3, 0.4) is 0 Å². The van der Waals surface area contributed by atoms with E-state index in [2.05, 4.69) is 14.7 Å². The standard InChI is InChI=1S/C19H18FN5O5S/c20-14-4-6-15(7-5-14)31(28,29)24-11-9-23(10-12-24)17(26)13-25-18(22-30-19(25)27)16-3-1-2-8-21-16/h1-8H,9-13H2. The highest BCUT2D eigenvalue weighted by atomic mass is 32.2. The van der Waals surface area contributed by atoms with Gasteiger partial charge < -0.3 is 4.90 Å². The molecule has 1 fully saturated rings. The number of hydrogen-bond acceptors (Lipinski definition) is 7. The quantitative estimate of drug-likeness (QED) is 0.561. The van der Waals surface area contributed by atoms with E-state index in [0.717, 1.165) is 16.7 Å². The van der Waals surface area contributed by atoms with Crippen LogP contribution in [0, 0.1) is 5.82 Å². The molecule has 3 heterocycles. The lowest BCUT2D eigenvalue weighted by atomic mass is 10.3. The van der Waals surface area contributed by atoms with E-state index in [9.17, 15) is 22.4 Å². The lowest BCUT2D eigenvalue weighted by Crippen LogP contribution is -2.51. The molecule has 0 N–H and O–H groups in total. The van der Waals surface area contributed by atoms with Crippen LogP contribution >= 0.6 is 0 Å². The normalized spacial score (nSPS) is 15.2. The van der Waals surface area contributed by atoms with Gasteiger partial charge in [-0.05, 0) is 36.4 Å². The van der Waals surface area contributed by atoms with Crippen molar-refractivity contribution in [2.45, 2.75) is 11.4 Å². The van der Waals surface area contributed by atoms with Crippen LogP contribution in [0.15, 0.2) is 62.9 Å². The molecule has 3 aromatic rings. The molecule has 12 heteroatoms. The summed E-state index contributed by atoms with van der Waals surface area (Å²) in [6.07, 6.45) is 1.53. The van der Waals surface area contributed by atoms with E-state index in [1.807, 2.05) is 0 Å². The maximum atomic E-state index is 13.1. The van der Waals surface area contributed by atoms with Crippen LogP contribution in [0.5, 0.6) is 0 Å². The maximum absolute atomic E-state index is 13.1. The Labute approximate surface area is 176 Å². The number of rotatable bonds is 5. The fourth-order valence-corrected chi connectivity index (χ4v) is 4.68. The van der Waals surface area contributed by atoms with Crippen molar-refractivity contribution in [3.8, 4) is 11.5 Å². The Bertz CT molecular complexity index is 1230. The molecule has 1 amide bonds. The number of halogens is 1. The van der Waals surface area contributed by atoms with Gasteiger partial charge in [-0.3, -0.25) is 14.3 Å². The molecule has 31 heavy (non-hydrogen) atoms. The molecule has 162 valence electrons.